The molecule has 3 rings (SSSR count). The van der Waals surface area contributed by atoms with Gasteiger partial charge in [0.1, 0.15) is 18.5 Å². The molecular formula is C12H15N6O6PS. The summed E-state index contributed by atoms with van der Waals surface area (Å²) in [5, 5.41) is 18.4. The van der Waals surface area contributed by atoms with E-state index in [1.807, 2.05) is 0 Å². The minimum atomic E-state index is -3.95. The van der Waals surface area contributed by atoms with Gasteiger partial charge in [0.25, 0.3) is 0 Å². The molecule has 1 aliphatic heterocycles. The molecule has 0 radical (unpaired) electrons. The average molecular weight is 402 g/mol. The van der Waals surface area contributed by atoms with Gasteiger partial charge in [-0.1, -0.05) is 11.1 Å². The summed E-state index contributed by atoms with van der Waals surface area (Å²) in [6.07, 6.45) is 3.16. The predicted octanol–water partition coefficient (Wildman–Crippen LogP) is -1.69. The van der Waals surface area contributed by atoms with E-state index in [-0.39, 0.29) is 17.0 Å². The van der Waals surface area contributed by atoms with E-state index in [1.54, 1.807) is 0 Å². The summed E-state index contributed by atoms with van der Waals surface area (Å²) in [6, 6.07) is 0. The van der Waals surface area contributed by atoms with Crippen LogP contribution in [0, 0.1) is 12.3 Å². The second kappa shape index (κ2) is 6.76. The number of nitrogens with zero attached hydrogens (tertiary/aromatic N) is 5. The Balaban J connectivity index is 2.02. The topological polar surface area (TPSA) is 171 Å². The first kappa shape index (κ1) is 19.0. The van der Waals surface area contributed by atoms with E-state index in [4.69, 9.17) is 26.2 Å². The normalized spacial score (nSPS) is 29.1. The lowest BCUT2D eigenvalue weighted by atomic mass is 9.95. The average Bonchev–Trinajstić information content (AvgIpc) is 3.13. The molecule has 1 saturated heterocycles. The van der Waals surface area contributed by atoms with Crippen LogP contribution in [0.5, 0.6) is 0 Å². The second-order valence-electron chi connectivity index (χ2n) is 5.36. The van der Waals surface area contributed by atoms with Crippen molar-refractivity contribution in [3.05, 3.63) is 6.33 Å². The first-order valence-electron chi connectivity index (χ1n) is 7.11. The Morgan fingerprint density at radius 1 is 1.54 bits per heavy atom. The largest absolute Gasteiger partial charge is 0.386 e. The van der Waals surface area contributed by atoms with Crippen LogP contribution in [0.4, 0.5) is 5.82 Å². The molecule has 4 atom stereocenters. The van der Waals surface area contributed by atoms with Crippen LogP contribution < -0.4 is 5.73 Å². The number of nitrogens with two attached hydrogens (primary N) is 1. The number of rotatable bonds is 5. The van der Waals surface area contributed by atoms with Gasteiger partial charge in [-0.15, -0.1) is 11.5 Å². The number of fused-ring (bicyclic) bond motifs is 1. The molecule has 2 aromatic rings. The van der Waals surface area contributed by atoms with E-state index in [2.05, 4.69) is 38.0 Å². The van der Waals surface area contributed by atoms with Gasteiger partial charge in [0.2, 0.25) is 5.60 Å². The maximum absolute atomic E-state index is 10.6. The number of aliphatic hydroxyl groups is 1. The number of hydrogen-bond acceptors (Lipinski definition) is 10. The number of terminal acetylenes is 1. The lowest BCUT2D eigenvalue weighted by Gasteiger charge is -2.29. The van der Waals surface area contributed by atoms with Crippen LogP contribution in [0.1, 0.15) is 6.23 Å². The Bertz CT molecular complexity index is 913. The number of anilines is 1. The quantitative estimate of drug-likeness (QED) is 0.331. The fourth-order valence-corrected chi connectivity index (χ4v) is 3.20. The molecule has 5 N–H and O–H groups in total. The summed E-state index contributed by atoms with van der Waals surface area (Å²) in [5.41, 5.74) is 4.49. The van der Waals surface area contributed by atoms with E-state index in [0.717, 1.165) is 0 Å². The third-order valence-electron chi connectivity index (χ3n) is 3.94. The lowest BCUT2D eigenvalue weighted by Crippen LogP contribution is -2.47. The highest BCUT2D eigenvalue weighted by Crippen LogP contribution is 2.44. The van der Waals surface area contributed by atoms with Gasteiger partial charge in [-0.2, -0.15) is 4.68 Å². The zero-order valence-electron chi connectivity index (χ0n) is 13.3. The molecule has 0 amide bonds. The maximum Gasteiger partial charge on any atom is 0.321 e. The number of methoxy groups -OCH3 is 1. The van der Waals surface area contributed by atoms with Crippen LogP contribution in [-0.4, -0.2) is 71.4 Å². The number of aromatic nitrogens is 5. The first-order chi connectivity index (χ1) is 12.2. The van der Waals surface area contributed by atoms with E-state index in [1.165, 1.54) is 18.1 Å². The number of hydrogen-bond donors (Lipinski definition) is 4. The maximum atomic E-state index is 10.6. The summed E-state index contributed by atoms with van der Waals surface area (Å²) < 4.78 is 17.1. The van der Waals surface area contributed by atoms with Gasteiger partial charge < -0.3 is 34.6 Å². The predicted molar refractivity (Wildman–Crippen MR) is 90.7 cm³/mol. The highest BCUT2D eigenvalue weighted by molar-refractivity contribution is 8.06. The van der Waals surface area contributed by atoms with E-state index in [9.17, 15) is 14.9 Å². The standard InChI is InChI=1S/C12H15N6O6PS/c1-3-12(22-2)8(19)6(4-23-25(20,21)26)24-11(12)18-10-7(16-17-18)9(13)14-5-15-10/h1,5-6,8,11,19H,4H2,2H3,(H2,13,14,15)(H2,20,21,26)/t6-,8-,11?,12-/m1/s1. The smallest absolute Gasteiger partial charge is 0.321 e. The van der Waals surface area contributed by atoms with Crippen LogP contribution in [0.3, 0.4) is 0 Å². The summed E-state index contributed by atoms with van der Waals surface area (Å²) in [5.74, 6) is 2.47. The van der Waals surface area contributed by atoms with Crippen molar-refractivity contribution in [2.24, 2.45) is 0 Å². The molecule has 0 aromatic carbocycles. The molecule has 14 heteroatoms. The molecule has 12 nitrogen and oxygen atoms in total. The van der Waals surface area contributed by atoms with E-state index < -0.39 is 37.4 Å². The molecule has 1 unspecified atom stereocenters. The summed E-state index contributed by atoms with van der Waals surface area (Å²) in [4.78, 5) is 26.3. The highest BCUT2D eigenvalue weighted by Gasteiger charge is 2.58. The van der Waals surface area contributed by atoms with Crippen LogP contribution in [0.2, 0.25) is 0 Å². The van der Waals surface area contributed by atoms with E-state index >= 15 is 0 Å². The molecule has 26 heavy (non-hydrogen) atoms. The fraction of sp³-hybridized carbons (Fsp3) is 0.500. The Kier molecular flexibility index (Phi) is 4.95. The third-order valence-corrected chi connectivity index (χ3v) is 4.75. The fourth-order valence-electron chi connectivity index (χ4n) is 2.68. The van der Waals surface area contributed by atoms with Crippen molar-refractivity contribution in [1.82, 2.24) is 25.0 Å². The van der Waals surface area contributed by atoms with Crippen molar-refractivity contribution in [3.8, 4) is 12.3 Å². The molecule has 0 saturated carbocycles. The summed E-state index contributed by atoms with van der Waals surface area (Å²) >= 11 is 4.39. The third kappa shape index (κ3) is 3.07. The van der Waals surface area contributed by atoms with Crippen molar-refractivity contribution < 1.29 is 28.9 Å². The van der Waals surface area contributed by atoms with E-state index in [0.29, 0.717) is 0 Å². The minimum absolute atomic E-state index is 0.102. The Hall–Kier alpha value is -1.75. The van der Waals surface area contributed by atoms with Gasteiger partial charge in [0.15, 0.2) is 23.2 Å². The Morgan fingerprint density at radius 3 is 2.88 bits per heavy atom. The van der Waals surface area contributed by atoms with Gasteiger partial charge in [0, 0.05) is 7.11 Å². The van der Waals surface area contributed by atoms with Crippen molar-refractivity contribution in [3.63, 3.8) is 0 Å². The molecule has 2 aromatic heterocycles. The molecular weight excluding hydrogens is 387 g/mol. The molecule has 3 heterocycles. The molecule has 0 aliphatic carbocycles. The van der Waals surface area contributed by atoms with Gasteiger partial charge in [-0.3, -0.25) is 0 Å². The monoisotopic (exact) mass is 402 g/mol. The van der Waals surface area contributed by atoms with Crippen LogP contribution >= 0.6 is 6.72 Å². The van der Waals surface area contributed by atoms with Crippen molar-refractivity contribution in [2.45, 2.75) is 24.0 Å². The van der Waals surface area contributed by atoms with Crippen molar-refractivity contribution in [1.29, 1.82) is 0 Å². The zero-order chi connectivity index (χ0) is 19.1. The van der Waals surface area contributed by atoms with Crippen molar-refractivity contribution in [2.75, 3.05) is 19.5 Å². The molecule has 0 spiro atoms. The number of nitrogen functional groups attached to an aromatic ring is 1. The highest BCUT2D eigenvalue weighted by atomic mass is 32.5. The number of aliphatic hydroxyl groups excluding tert-OH is 1. The lowest BCUT2D eigenvalue weighted by molar-refractivity contribution is -0.0983. The first-order valence-corrected chi connectivity index (χ1v) is 9.74. The van der Waals surface area contributed by atoms with Gasteiger partial charge in [0.05, 0.1) is 6.61 Å². The van der Waals surface area contributed by atoms with Crippen molar-refractivity contribution >= 4 is 35.5 Å². The van der Waals surface area contributed by atoms with Crippen LogP contribution in [0.15, 0.2) is 6.33 Å². The Labute approximate surface area is 152 Å². The summed E-state index contributed by atoms with van der Waals surface area (Å²) in [6.45, 7) is -4.38. The summed E-state index contributed by atoms with van der Waals surface area (Å²) in [7, 11) is 1.29. The van der Waals surface area contributed by atoms with Crippen LogP contribution in [-0.2, 0) is 25.8 Å². The SMILES string of the molecule is C#C[C@]1(OC)C(n2nnc3c(N)ncnc32)O[C@H](COP(O)(O)=S)[C@H]1O. The number of ether oxygens (including phenoxy) is 2. The molecule has 140 valence electrons. The van der Waals surface area contributed by atoms with Gasteiger partial charge in [-0.25, -0.2) is 9.97 Å². The van der Waals surface area contributed by atoms with Crippen LogP contribution in [0.25, 0.3) is 11.2 Å². The molecule has 1 fully saturated rings. The molecule has 1 aliphatic rings. The van der Waals surface area contributed by atoms with Gasteiger partial charge in [-0.05, 0) is 11.8 Å². The molecule has 0 bridgehead atoms. The Morgan fingerprint density at radius 2 is 2.27 bits per heavy atom. The van der Waals surface area contributed by atoms with Gasteiger partial charge >= 0.3 is 6.72 Å². The minimum Gasteiger partial charge on any atom is -0.386 e. The second-order valence-corrected chi connectivity index (χ2v) is 8.03. The zero-order valence-corrected chi connectivity index (χ0v) is 15.0.